The van der Waals surface area contributed by atoms with Crippen LogP contribution in [-0.4, -0.2) is 16.4 Å². The van der Waals surface area contributed by atoms with Gasteiger partial charge in [-0.1, -0.05) is 23.7 Å². The zero-order valence-electron chi connectivity index (χ0n) is 11.7. The second kappa shape index (κ2) is 6.41. The third-order valence-corrected chi connectivity index (χ3v) is 3.70. The molecule has 21 heavy (non-hydrogen) atoms. The molecule has 0 aliphatic rings. The molecule has 0 fully saturated rings. The van der Waals surface area contributed by atoms with E-state index in [1.165, 1.54) is 12.1 Å². The van der Waals surface area contributed by atoms with Gasteiger partial charge in [0.2, 0.25) is 0 Å². The molecule has 2 rings (SSSR count). The first-order valence-electron chi connectivity index (χ1n) is 6.36. The number of halogens is 3. The Morgan fingerprint density at radius 1 is 1.33 bits per heavy atom. The lowest BCUT2D eigenvalue weighted by Gasteiger charge is -2.13. The van der Waals surface area contributed by atoms with Gasteiger partial charge in [0.15, 0.2) is 0 Å². The van der Waals surface area contributed by atoms with E-state index in [0.29, 0.717) is 11.6 Å². The first kappa shape index (κ1) is 15.7. The molecule has 4 nitrogen and oxygen atoms in total. The van der Waals surface area contributed by atoms with Crippen molar-refractivity contribution in [2.75, 3.05) is 0 Å². The Bertz CT molecular complexity index is 613. The Labute approximate surface area is 126 Å². The quantitative estimate of drug-likeness (QED) is 0.921. The fourth-order valence-corrected chi connectivity index (χ4v) is 2.39. The van der Waals surface area contributed by atoms with Crippen molar-refractivity contribution in [2.24, 2.45) is 12.8 Å². The monoisotopic (exact) mass is 315 g/mol. The van der Waals surface area contributed by atoms with Gasteiger partial charge in [-0.3, -0.25) is 4.68 Å². The SMILES string of the molecule is Cc1nn(C)c(Cl)c1CC(N)c1ccc(OC(F)F)cc1. The van der Waals surface area contributed by atoms with Crippen LogP contribution in [0.3, 0.4) is 0 Å². The first-order valence-corrected chi connectivity index (χ1v) is 6.74. The maximum Gasteiger partial charge on any atom is 0.387 e. The highest BCUT2D eigenvalue weighted by Crippen LogP contribution is 2.25. The molecule has 1 heterocycles. The number of nitrogens with two attached hydrogens (primary N) is 1. The maximum atomic E-state index is 12.1. The van der Waals surface area contributed by atoms with Crippen LogP contribution in [0.2, 0.25) is 5.15 Å². The van der Waals surface area contributed by atoms with Crippen LogP contribution in [0.4, 0.5) is 8.78 Å². The third-order valence-electron chi connectivity index (χ3n) is 3.23. The largest absolute Gasteiger partial charge is 0.435 e. The van der Waals surface area contributed by atoms with Gasteiger partial charge >= 0.3 is 6.61 Å². The van der Waals surface area contributed by atoms with Crippen molar-refractivity contribution in [3.8, 4) is 5.75 Å². The molecule has 0 radical (unpaired) electrons. The van der Waals surface area contributed by atoms with E-state index >= 15 is 0 Å². The van der Waals surface area contributed by atoms with E-state index in [4.69, 9.17) is 17.3 Å². The van der Waals surface area contributed by atoms with Gasteiger partial charge in [0.25, 0.3) is 0 Å². The van der Waals surface area contributed by atoms with Gasteiger partial charge < -0.3 is 10.5 Å². The van der Waals surface area contributed by atoms with Crippen LogP contribution >= 0.6 is 11.6 Å². The first-order chi connectivity index (χ1) is 9.88. The van der Waals surface area contributed by atoms with Crippen LogP contribution in [0.15, 0.2) is 24.3 Å². The summed E-state index contributed by atoms with van der Waals surface area (Å²) in [6.45, 7) is -0.964. The van der Waals surface area contributed by atoms with Crippen LogP contribution in [0.5, 0.6) is 5.75 Å². The van der Waals surface area contributed by atoms with Gasteiger partial charge in [0.1, 0.15) is 10.9 Å². The number of alkyl halides is 2. The third kappa shape index (κ3) is 3.71. The molecular weight excluding hydrogens is 300 g/mol. The standard InChI is InChI=1S/C14H16ClF2N3O/c1-8-11(13(15)20(2)19-8)7-12(18)9-3-5-10(6-4-9)21-14(16)17/h3-6,12,14H,7,18H2,1-2H3. The van der Waals surface area contributed by atoms with Crippen LogP contribution in [-0.2, 0) is 13.5 Å². The molecule has 0 aliphatic carbocycles. The van der Waals surface area contributed by atoms with Crippen molar-refractivity contribution in [1.82, 2.24) is 9.78 Å². The zero-order chi connectivity index (χ0) is 15.6. The normalized spacial score (nSPS) is 12.7. The predicted octanol–water partition coefficient (Wildman–Crippen LogP) is 3.23. The number of ether oxygens (including phenoxy) is 1. The fourth-order valence-electron chi connectivity index (χ4n) is 2.14. The van der Waals surface area contributed by atoms with Gasteiger partial charge in [-0.25, -0.2) is 0 Å². The van der Waals surface area contributed by atoms with E-state index in [2.05, 4.69) is 9.84 Å². The average molecular weight is 316 g/mol. The molecule has 1 unspecified atom stereocenters. The fraction of sp³-hybridized carbons (Fsp3) is 0.357. The van der Waals surface area contributed by atoms with Crippen molar-refractivity contribution in [2.45, 2.75) is 26.0 Å². The van der Waals surface area contributed by atoms with Crippen LogP contribution in [0, 0.1) is 6.92 Å². The molecule has 2 N–H and O–H groups in total. The molecule has 0 bridgehead atoms. The van der Waals surface area contributed by atoms with Crippen molar-refractivity contribution in [1.29, 1.82) is 0 Å². The van der Waals surface area contributed by atoms with Crippen LogP contribution in [0.25, 0.3) is 0 Å². The number of hydrogen-bond acceptors (Lipinski definition) is 3. The summed E-state index contributed by atoms with van der Waals surface area (Å²) >= 11 is 6.17. The molecule has 1 aromatic heterocycles. The van der Waals surface area contributed by atoms with E-state index in [1.807, 2.05) is 6.92 Å². The summed E-state index contributed by atoms with van der Waals surface area (Å²) < 4.78 is 30.1. The van der Waals surface area contributed by atoms with Crippen molar-refractivity contribution < 1.29 is 13.5 Å². The minimum atomic E-state index is -2.83. The molecule has 7 heteroatoms. The number of aryl methyl sites for hydroxylation is 2. The van der Waals surface area contributed by atoms with Gasteiger partial charge in [0, 0.05) is 18.7 Å². The molecule has 1 aromatic carbocycles. The van der Waals surface area contributed by atoms with E-state index in [9.17, 15) is 8.78 Å². The number of hydrogen-bond donors (Lipinski definition) is 1. The van der Waals surface area contributed by atoms with E-state index in [0.717, 1.165) is 16.8 Å². The molecule has 0 saturated carbocycles. The summed E-state index contributed by atoms with van der Waals surface area (Å²) in [5, 5.41) is 4.79. The molecular formula is C14H16ClF2N3O. The van der Waals surface area contributed by atoms with E-state index in [1.54, 1.807) is 23.9 Å². The summed E-state index contributed by atoms with van der Waals surface area (Å²) in [4.78, 5) is 0. The summed E-state index contributed by atoms with van der Waals surface area (Å²) in [7, 11) is 1.76. The Morgan fingerprint density at radius 2 is 1.95 bits per heavy atom. The van der Waals surface area contributed by atoms with Gasteiger partial charge in [-0.15, -0.1) is 0 Å². The van der Waals surface area contributed by atoms with Crippen molar-refractivity contribution in [3.63, 3.8) is 0 Å². The van der Waals surface area contributed by atoms with Crippen LogP contribution in [0.1, 0.15) is 22.9 Å². The minimum absolute atomic E-state index is 0.108. The van der Waals surface area contributed by atoms with Crippen molar-refractivity contribution in [3.05, 3.63) is 46.2 Å². The van der Waals surface area contributed by atoms with Gasteiger partial charge in [-0.05, 0) is 31.0 Å². The Kier molecular flexibility index (Phi) is 4.80. The van der Waals surface area contributed by atoms with E-state index in [-0.39, 0.29) is 11.8 Å². The molecule has 1 atom stereocenters. The number of benzene rings is 1. The zero-order valence-corrected chi connectivity index (χ0v) is 12.4. The van der Waals surface area contributed by atoms with E-state index < -0.39 is 6.61 Å². The second-order valence-corrected chi connectivity index (χ2v) is 5.09. The molecule has 0 aliphatic heterocycles. The highest BCUT2D eigenvalue weighted by atomic mass is 35.5. The van der Waals surface area contributed by atoms with Crippen molar-refractivity contribution >= 4 is 11.6 Å². The lowest BCUT2D eigenvalue weighted by atomic mass is 10.0. The Morgan fingerprint density at radius 3 is 2.43 bits per heavy atom. The van der Waals surface area contributed by atoms with Gasteiger partial charge in [-0.2, -0.15) is 13.9 Å². The number of aromatic nitrogens is 2. The predicted molar refractivity (Wildman–Crippen MR) is 76.7 cm³/mol. The summed E-state index contributed by atoms with van der Waals surface area (Å²) in [5.74, 6) is 0.108. The summed E-state index contributed by atoms with van der Waals surface area (Å²) in [6, 6.07) is 5.98. The highest BCUT2D eigenvalue weighted by Gasteiger charge is 2.16. The molecule has 0 saturated heterocycles. The van der Waals surface area contributed by atoms with Crippen LogP contribution < -0.4 is 10.5 Å². The Balaban J connectivity index is 2.11. The molecule has 114 valence electrons. The maximum absolute atomic E-state index is 12.1. The summed E-state index contributed by atoms with van der Waals surface area (Å²) in [6.07, 6.45) is 0.521. The highest BCUT2D eigenvalue weighted by molar-refractivity contribution is 6.30. The topological polar surface area (TPSA) is 53.1 Å². The lowest BCUT2D eigenvalue weighted by Crippen LogP contribution is -2.14. The molecule has 0 amide bonds. The molecule has 0 spiro atoms. The average Bonchev–Trinajstić information content (AvgIpc) is 2.65. The number of rotatable bonds is 5. The lowest BCUT2D eigenvalue weighted by molar-refractivity contribution is -0.0498. The second-order valence-electron chi connectivity index (χ2n) is 4.74. The van der Waals surface area contributed by atoms with Gasteiger partial charge in [0.05, 0.1) is 5.69 Å². The minimum Gasteiger partial charge on any atom is -0.435 e. The smallest absolute Gasteiger partial charge is 0.387 e. The molecule has 2 aromatic rings. The summed E-state index contributed by atoms with van der Waals surface area (Å²) in [5.41, 5.74) is 8.67. The Hall–Kier alpha value is -1.66. The number of nitrogens with zero attached hydrogens (tertiary/aromatic N) is 2.